The Kier molecular flexibility index (Phi) is 8.48. The molecule has 0 unspecified atom stereocenters. The third-order valence-electron chi connectivity index (χ3n) is 6.87. The fraction of sp³-hybridized carbons (Fsp3) is 0.917. The summed E-state index contributed by atoms with van der Waals surface area (Å²) in [5.41, 5.74) is -0.445. The van der Waals surface area contributed by atoms with E-state index in [1.807, 2.05) is 32.7 Å². The maximum Gasteiger partial charge on any atom is 0.410 e. The molecular formula is C24H45N5O2. The Morgan fingerprint density at radius 1 is 1.03 bits per heavy atom. The van der Waals surface area contributed by atoms with Gasteiger partial charge in [0.2, 0.25) is 0 Å². The van der Waals surface area contributed by atoms with E-state index in [1.54, 1.807) is 0 Å². The van der Waals surface area contributed by atoms with Gasteiger partial charge in [0.15, 0.2) is 5.96 Å². The second-order valence-electron chi connectivity index (χ2n) is 10.8. The number of likely N-dealkylation sites (tertiary alicyclic amines) is 2. The van der Waals surface area contributed by atoms with Crippen LogP contribution in [0.2, 0.25) is 0 Å². The number of hydrogen-bond acceptors (Lipinski definition) is 4. The molecule has 0 bridgehead atoms. The molecule has 0 aromatic heterocycles. The van der Waals surface area contributed by atoms with Crippen LogP contribution in [0, 0.1) is 11.8 Å². The SMILES string of the molecule is CN=C(NCCC1CCN(C)CC1)N1CCC(N(CC2CC2)C(=O)OC(C)(C)C)CC1. The maximum atomic E-state index is 12.9. The van der Waals surface area contributed by atoms with Crippen LogP contribution in [-0.2, 0) is 4.74 Å². The Hall–Kier alpha value is -1.50. The lowest BCUT2D eigenvalue weighted by Gasteiger charge is -2.40. The normalized spacial score (nSPS) is 22.5. The van der Waals surface area contributed by atoms with Crippen molar-refractivity contribution in [2.75, 3.05) is 53.4 Å². The molecule has 0 aromatic carbocycles. The van der Waals surface area contributed by atoms with E-state index in [4.69, 9.17) is 4.74 Å². The molecule has 0 atom stereocenters. The lowest BCUT2D eigenvalue weighted by molar-refractivity contribution is 0.00928. The summed E-state index contributed by atoms with van der Waals surface area (Å²) in [5, 5.41) is 3.59. The van der Waals surface area contributed by atoms with Crippen molar-refractivity contribution >= 4 is 12.1 Å². The van der Waals surface area contributed by atoms with Crippen molar-refractivity contribution in [3.8, 4) is 0 Å². The molecule has 1 saturated carbocycles. The zero-order chi connectivity index (χ0) is 22.4. The van der Waals surface area contributed by atoms with Crippen LogP contribution in [-0.4, -0.2) is 91.8 Å². The number of rotatable bonds is 6. The summed E-state index contributed by atoms with van der Waals surface area (Å²) >= 11 is 0. The first-order chi connectivity index (χ1) is 14.7. The first-order valence-corrected chi connectivity index (χ1v) is 12.4. The van der Waals surface area contributed by atoms with E-state index in [-0.39, 0.29) is 12.1 Å². The number of hydrogen-bond donors (Lipinski definition) is 1. The Morgan fingerprint density at radius 3 is 2.23 bits per heavy atom. The van der Waals surface area contributed by atoms with Crippen LogP contribution in [0.3, 0.4) is 0 Å². The Morgan fingerprint density at radius 2 is 1.68 bits per heavy atom. The summed E-state index contributed by atoms with van der Waals surface area (Å²) in [6.45, 7) is 12.0. The number of carbonyl (C=O) groups is 1. The lowest BCUT2D eigenvalue weighted by atomic mass is 9.94. The molecule has 3 rings (SSSR count). The fourth-order valence-electron chi connectivity index (χ4n) is 4.73. The summed E-state index contributed by atoms with van der Waals surface area (Å²) in [6, 6.07) is 0.268. The summed E-state index contributed by atoms with van der Waals surface area (Å²) in [6.07, 6.45) is 8.13. The third kappa shape index (κ3) is 7.85. The van der Waals surface area contributed by atoms with Crippen molar-refractivity contribution < 1.29 is 9.53 Å². The Labute approximate surface area is 189 Å². The predicted molar refractivity (Wildman–Crippen MR) is 126 cm³/mol. The van der Waals surface area contributed by atoms with Gasteiger partial charge in [-0.05, 0) is 97.7 Å². The number of guanidine groups is 1. The number of aliphatic imine (C=N–C) groups is 1. The third-order valence-corrected chi connectivity index (χ3v) is 6.87. The molecule has 2 saturated heterocycles. The highest BCUT2D eigenvalue weighted by Gasteiger charge is 2.35. The minimum atomic E-state index is -0.445. The van der Waals surface area contributed by atoms with Crippen molar-refractivity contribution in [1.29, 1.82) is 0 Å². The van der Waals surface area contributed by atoms with Gasteiger partial charge in [-0.3, -0.25) is 4.99 Å². The first kappa shape index (κ1) is 24.1. The van der Waals surface area contributed by atoms with Crippen molar-refractivity contribution in [1.82, 2.24) is 20.0 Å². The van der Waals surface area contributed by atoms with Crippen molar-refractivity contribution in [3.05, 3.63) is 0 Å². The zero-order valence-corrected chi connectivity index (χ0v) is 20.5. The van der Waals surface area contributed by atoms with Gasteiger partial charge >= 0.3 is 6.09 Å². The molecule has 7 heteroatoms. The lowest BCUT2D eigenvalue weighted by Crippen LogP contribution is -2.52. The van der Waals surface area contributed by atoms with E-state index in [9.17, 15) is 4.79 Å². The van der Waals surface area contributed by atoms with Crippen LogP contribution < -0.4 is 5.32 Å². The molecule has 3 fully saturated rings. The molecule has 2 aliphatic heterocycles. The summed E-state index contributed by atoms with van der Waals surface area (Å²) in [7, 11) is 4.10. The number of nitrogens with zero attached hydrogens (tertiary/aromatic N) is 4. The largest absolute Gasteiger partial charge is 0.444 e. The van der Waals surface area contributed by atoms with Gasteiger partial charge in [0.25, 0.3) is 0 Å². The van der Waals surface area contributed by atoms with Crippen LogP contribution in [0.4, 0.5) is 4.79 Å². The molecule has 178 valence electrons. The quantitative estimate of drug-likeness (QED) is 0.512. The number of nitrogens with one attached hydrogen (secondary N) is 1. The monoisotopic (exact) mass is 435 g/mol. The van der Waals surface area contributed by atoms with Gasteiger partial charge in [-0.25, -0.2) is 4.79 Å². The highest BCUT2D eigenvalue weighted by atomic mass is 16.6. The summed E-state index contributed by atoms with van der Waals surface area (Å²) in [5.74, 6) is 2.51. The van der Waals surface area contributed by atoms with Gasteiger partial charge in [0.05, 0.1) is 0 Å². The standard InChI is InChI=1S/C24H45N5O2/c1-24(2,3)31-23(30)29(18-20-6-7-20)21-11-16-28(17-12-21)22(25-4)26-13-8-19-9-14-27(5)15-10-19/h19-21H,6-18H2,1-5H3,(H,25,26). The molecular weight excluding hydrogens is 390 g/mol. The number of ether oxygens (including phenoxy) is 1. The Balaban J connectivity index is 1.45. The number of piperidine rings is 2. The van der Waals surface area contributed by atoms with Gasteiger partial charge in [-0.15, -0.1) is 0 Å². The van der Waals surface area contributed by atoms with Gasteiger partial charge in [-0.1, -0.05) is 0 Å². The highest BCUT2D eigenvalue weighted by Crippen LogP contribution is 2.32. The predicted octanol–water partition coefficient (Wildman–Crippen LogP) is 3.41. The molecule has 3 aliphatic rings. The van der Waals surface area contributed by atoms with E-state index >= 15 is 0 Å². The molecule has 0 spiro atoms. The van der Waals surface area contributed by atoms with E-state index in [2.05, 4.69) is 27.2 Å². The molecule has 0 aromatic rings. The highest BCUT2D eigenvalue weighted by molar-refractivity contribution is 5.80. The molecule has 2 heterocycles. The van der Waals surface area contributed by atoms with E-state index in [1.165, 1.54) is 45.2 Å². The smallest absolute Gasteiger partial charge is 0.410 e. The van der Waals surface area contributed by atoms with Crippen molar-refractivity contribution in [3.63, 3.8) is 0 Å². The van der Waals surface area contributed by atoms with E-state index < -0.39 is 5.60 Å². The molecule has 1 aliphatic carbocycles. The summed E-state index contributed by atoms with van der Waals surface area (Å²) < 4.78 is 5.73. The fourth-order valence-corrected chi connectivity index (χ4v) is 4.73. The second kappa shape index (κ2) is 10.9. The second-order valence-corrected chi connectivity index (χ2v) is 10.8. The first-order valence-electron chi connectivity index (χ1n) is 12.4. The maximum absolute atomic E-state index is 12.9. The van der Waals surface area contributed by atoms with E-state index in [0.29, 0.717) is 5.92 Å². The van der Waals surface area contributed by atoms with Crippen LogP contribution >= 0.6 is 0 Å². The molecule has 0 radical (unpaired) electrons. The topological polar surface area (TPSA) is 60.4 Å². The van der Waals surface area contributed by atoms with Crippen LogP contribution in [0.1, 0.15) is 65.7 Å². The van der Waals surface area contributed by atoms with Crippen molar-refractivity contribution in [2.45, 2.75) is 77.4 Å². The zero-order valence-electron chi connectivity index (χ0n) is 20.5. The average molecular weight is 436 g/mol. The molecule has 7 nitrogen and oxygen atoms in total. The number of amides is 1. The minimum absolute atomic E-state index is 0.140. The molecule has 31 heavy (non-hydrogen) atoms. The van der Waals surface area contributed by atoms with Gasteiger partial charge in [0, 0.05) is 39.3 Å². The van der Waals surface area contributed by atoms with Gasteiger partial charge < -0.3 is 24.8 Å². The summed E-state index contributed by atoms with van der Waals surface area (Å²) in [4.78, 5) is 24.2. The van der Waals surface area contributed by atoms with Crippen LogP contribution in [0.25, 0.3) is 0 Å². The Bertz CT molecular complexity index is 598. The minimum Gasteiger partial charge on any atom is -0.444 e. The van der Waals surface area contributed by atoms with Crippen LogP contribution in [0.5, 0.6) is 0 Å². The molecule has 1 N–H and O–H groups in total. The van der Waals surface area contributed by atoms with Crippen LogP contribution in [0.15, 0.2) is 4.99 Å². The van der Waals surface area contributed by atoms with Gasteiger partial charge in [0.1, 0.15) is 5.60 Å². The average Bonchev–Trinajstić information content (AvgIpc) is 3.54. The number of carbonyl (C=O) groups excluding carboxylic acids is 1. The van der Waals surface area contributed by atoms with Crippen molar-refractivity contribution in [2.24, 2.45) is 16.8 Å². The van der Waals surface area contributed by atoms with E-state index in [0.717, 1.165) is 50.9 Å². The molecule has 1 amide bonds. The van der Waals surface area contributed by atoms with Gasteiger partial charge in [-0.2, -0.15) is 0 Å².